The van der Waals surface area contributed by atoms with E-state index in [2.05, 4.69) is 34.6 Å². The van der Waals surface area contributed by atoms with Gasteiger partial charge >= 0.3 is 0 Å². The summed E-state index contributed by atoms with van der Waals surface area (Å²) in [6.45, 7) is 4.35. The van der Waals surface area contributed by atoms with Gasteiger partial charge in [0.2, 0.25) is 5.95 Å². The molecule has 4 N–H and O–H groups in total. The molecule has 0 saturated heterocycles. The van der Waals surface area contributed by atoms with Gasteiger partial charge in [0, 0.05) is 6.04 Å². The number of nitrogens with two attached hydrogens (primary N) is 1. The highest BCUT2D eigenvalue weighted by Crippen LogP contribution is 2.27. The van der Waals surface area contributed by atoms with Crippen molar-refractivity contribution in [3.63, 3.8) is 0 Å². The van der Waals surface area contributed by atoms with Crippen LogP contribution in [0.1, 0.15) is 20.3 Å². The third kappa shape index (κ3) is 3.71. The zero-order valence-corrected chi connectivity index (χ0v) is 12.8. The van der Waals surface area contributed by atoms with Gasteiger partial charge in [0.05, 0.1) is 5.39 Å². The highest BCUT2D eigenvalue weighted by atomic mass is 32.2. The van der Waals surface area contributed by atoms with Crippen molar-refractivity contribution in [1.82, 2.24) is 9.97 Å². The largest absolute Gasteiger partial charge is 0.367 e. The SMILES string of the molecule is CCSCCC(C)Nc1nc(NN)nc2sccc12. The molecule has 0 aromatic carbocycles. The zero-order valence-electron chi connectivity index (χ0n) is 11.1. The van der Waals surface area contributed by atoms with Gasteiger partial charge in [0.25, 0.3) is 0 Å². The van der Waals surface area contributed by atoms with E-state index >= 15 is 0 Å². The monoisotopic (exact) mass is 297 g/mol. The molecular weight excluding hydrogens is 278 g/mol. The molecule has 0 aliphatic carbocycles. The quantitative estimate of drug-likeness (QED) is 0.414. The summed E-state index contributed by atoms with van der Waals surface area (Å²) in [6, 6.07) is 2.42. The molecule has 0 amide bonds. The number of thiophene rings is 1. The number of nitrogens with one attached hydrogen (secondary N) is 2. The lowest BCUT2D eigenvalue weighted by Gasteiger charge is -2.15. The van der Waals surface area contributed by atoms with Crippen LogP contribution in [-0.4, -0.2) is 27.5 Å². The molecule has 19 heavy (non-hydrogen) atoms. The molecule has 104 valence electrons. The summed E-state index contributed by atoms with van der Waals surface area (Å²) in [5.41, 5.74) is 2.52. The summed E-state index contributed by atoms with van der Waals surface area (Å²) in [7, 11) is 0. The predicted octanol–water partition coefficient (Wildman–Crippen LogP) is 2.92. The second kappa shape index (κ2) is 6.93. The molecule has 0 aliphatic heterocycles. The molecule has 2 aromatic heterocycles. The lowest BCUT2D eigenvalue weighted by molar-refractivity contribution is 0.768. The molecule has 1 atom stereocenters. The van der Waals surface area contributed by atoms with Crippen molar-refractivity contribution in [3.05, 3.63) is 11.4 Å². The molecule has 0 fully saturated rings. The van der Waals surface area contributed by atoms with Gasteiger partial charge in [0.1, 0.15) is 10.6 Å². The minimum atomic E-state index is 0.377. The number of hydrazine groups is 1. The Bertz CT molecular complexity index is 528. The Kier molecular flexibility index (Phi) is 5.24. The number of fused-ring (bicyclic) bond motifs is 1. The molecule has 2 heterocycles. The molecule has 0 aliphatic rings. The fourth-order valence-corrected chi connectivity index (χ4v) is 3.31. The van der Waals surface area contributed by atoms with Crippen molar-refractivity contribution in [2.45, 2.75) is 26.3 Å². The number of aromatic nitrogens is 2. The van der Waals surface area contributed by atoms with Gasteiger partial charge in [-0.15, -0.1) is 11.3 Å². The number of hydrogen-bond acceptors (Lipinski definition) is 7. The van der Waals surface area contributed by atoms with Crippen LogP contribution < -0.4 is 16.6 Å². The normalized spacial score (nSPS) is 12.6. The standard InChI is InChI=1S/C12H19N5S2/c1-3-18-6-4-8(2)14-10-9-5-7-19-11(9)16-12(15-10)17-13/h5,7-8H,3-4,6,13H2,1-2H3,(H2,14,15,16,17). The van der Waals surface area contributed by atoms with Gasteiger partial charge in [-0.25, -0.2) is 10.8 Å². The van der Waals surface area contributed by atoms with Crippen LogP contribution in [0.2, 0.25) is 0 Å². The highest BCUT2D eigenvalue weighted by molar-refractivity contribution is 7.99. The summed E-state index contributed by atoms with van der Waals surface area (Å²) in [6.07, 6.45) is 1.11. The maximum atomic E-state index is 5.41. The van der Waals surface area contributed by atoms with E-state index in [1.54, 1.807) is 11.3 Å². The molecule has 2 aromatic rings. The Hall–Kier alpha value is -1.05. The Morgan fingerprint density at radius 2 is 2.32 bits per heavy atom. The van der Waals surface area contributed by atoms with E-state index in [0.29, 0.717) is 12.0 Å². The molecule has 5 nitrogen and oxygen atoms in total. The van der Waals surface area contributed by atoms with E-state index in [-0.39, 0.29) is 0 Å². The summed E-state index contributed by atoms with van der Waals surface area (Å²) in [5.74, 6) is 9.03. The van der Waals surface area contributed by atoms with Crippen LogP contribution in [0.25, 0.3) is 10.2 Å². The molecule has 1 unspecified atom stereocenters. The van der Waals surface area contributed by atoms with Crippen LogP contribution in [0, 0.1) is 0 Å². The summed E-state index contributed by atoms with van der Waals surface area (Å²) < 4.78 is 0. The van der Waals surface area contributed by atoms with Gasteiger partial charge in [-0.3, -0.25) is 5.43 Å². The fraction of sp³-hybridized carbons (Fsp3) is 0.500. The van der Waals surface area contributed by atoms with Crippen LogP contribution in [0.4, 0.5) is 11.8 Å². The van der Waals surface area contributed by atoms with Gasteiger partial charge < -0.3 is 5.32 Å². The number of hydrogen-bond donors (Lipinski definition) is 3. The second-order valence-electron chi connectivity index (χ2n) is 4.21. The molecule has 0 bridgehead atoms. The maximum absolute atomic E-state index is 5.41. The molecule has 0 saturated carbocycles. The first-order valence-electron chi connectivity index (χ1n) is 6.30. The maximum Gasteiger partial charge on any atom is 0.240 e. The Morgan fingerprint density at radius 1 is 1.47 bits per heavy atom. The first-order chi connectivity index (χ1) is 9.24. The third-order valence-corrected chi connectivity index (χ3v) is 4.48. The van der Waals surface area contributed by atoms with Crippen molar-refractivity contribution >= 4 is 45.1 Å². The topological polar surface area (TPSA) is 75.9 Å². The average Bonchev–Trinajstić information content (AvgIpc) is 2.87. The molecule has 0 radical (unpaired) electrons. The van der Waals surface area contributed by atoms with Gasteiger partial charge in [-0.2, -0.15) is 16.7 Å². The number of thioether (sulfide) groups is 1. The van der Waals surface area contributed by atoms with Crippen molar-refractivity contribution in [3.8, 4) is 0 Å². The predicted molar refractivity (Wildman–Crippen MR) is 85.9 cm³/mol. The van der Waals surface area contributed by atoms with Crippen LogP contribution in [0.5, 0.6) is 0 Å². The van der Waals surface area contributed by atoms with E-state index in [0.717, 1.165) is 34.0 Å². The van der Waals surface area contributed by atoms with Crippen LogP contribution >= 0.6 is 23.1 Å². The van der Waals surface area contributed by atoms with Gasteiger partial charge in [-0.05, 0) is 36.3 Å². The third-order valence-electron chi connectivity index (χ3n) is 2.74. The summed E-state index contributed by atoms with van der Waals surface area (Å²) in [4.78, 5) is 9.67. The zero-order chi connectivity index (χ0) is 13.7. The van der Waals surface area contributed by atoms with E-state index in [4.69, 9.17) is 5.84 Å². The highest BCUT2D eigenvalue weighted by Gasteiger charge is 2.10. The summed E-state index contributed by atoms with van der Waals surface area (Å²) in [5, 5.41) is 6.52. The van der Waals surface area contributed by atoms with Crippen LogP contribution in [0.3, 0.4) is 0 Å². The first-order valence-corrected chi connectivity index (χ1v) is 8.34. The summed E-state index contributed by atoms with van der Waals surface area (Å²) >= 11 is 3.55. The number of nitrogens with zero attached hydrogens (tertiary/aromatic N) is 2. The van der Waals surface area contributed by atoms with E-state index in [1.165, 1.54) is 0 Å². The lowest BCUT2D eigenvalue weighted by atomic mass is 10.2. The number of nitrogen functional groups attached to an aromatic ring is 1. The van der Waals surface area contributed by atoms with Gasteiger partial charge in [0.15, 0.2) is 0 Å². The number of rotatable bonds is 7. The van der Waals surface area contributed by atoms with Crippen LogP contribution in [0.15, 0.2) is 11.4 Å². The minimum absolute atomic E-state index is 0.377. The van der Waals surface area contributed by atoms with Crippen molar-refractivity contribution in [2.75, 3.05) is 22.2 Å². The molecule has 7 heteroatoms. The van der Waals surface area contributed by atoms with Crippen molar-refractivity contribution in [1.29, 1.82) is 0 Å². The first kappa shape index (κ1) is 14.4. The molecule has 2 rings (SSSR count). The Balaban J connectivity index is 2.12. The fourth-order valence-electron chi connectivity index (χ4n) is 1.74. The second-order valence-corrected chi connectivity index (χ2v) is 6.50. The minimum Gasteiger partial charge on any atom is -0.367 e. The van der Waals surface area contributed by atoms with Crippen LogP contribution in [-0.2, 0) is 0 Å². The molecule has 0 spiro atoms. The van der Waals surface area contributed by atoms with E-state index < -0.39 is 0 Å². The van der Waals surface area contributed by atoms with E-state index in [1.807, 2.05) is 23.2 Å². The van der Waals surface area contributed by atoms with Crippen molar-refractivity contribution in [2.24, 2.45) is 5.84 Å². The number of anilines is 2. The van der Waals surface area contributed by atoms with Crippen molar-refractivity contribution < 1.29 is 0 Å². The Labute approximate surface area is 121 Å². The smallest absolute Gasteiger partial charge is 0.240 e. The average molecular weight is 297 g/mol. The van der Waals surface area contributed by atoms with E-state index in [9.17, 15) is 0 Å². The Morgan fingerprint density at radius 3 is 3.05 bits per heavy atom. The molecular formula is C12H19N5S2. The lowest BCUT2D eigenvalue weighted by Crippen LogP contribution is -2.18. The van der Waals surface area contributed by atoms with Gasteiger partial charge in [-0.1, -0.05) is 6.92 Å².